The van der Waals surface area contributed by atoms with Gasteiger partial charge in [0.2, 0.25) is 5.90 Å². The van der Waals surface area contributed by atoms with Gasteiger partial charge in [-0.25, -0.2) is 9.79 Å². The van der Waals surface area contributed by atoms with Crippen LogP contribution >= 0.6 is 0 Å². The standard InChI is InChI=1S/C21H24N2O7/c1-5-28-11-7-8-12-13(9-11)23-20(29-6-2)18-16(12)17(21(25)27-4)14(30-19(18)22)10-15(24)26-3/h7-9,16H,5-6,10,22H2,1-4H3. The molecule has 2 aliphatic heterocycles. The van der Waals surface area contributed by atoms with Crippen molar-refractivity contribution in [3.05, 3.63) is 46.6 Å². The average molecular weight is 416 g/mol. The third kappa shape index (κ3) is 3.83. The molecule has 0 spiro atoms. The van der Waals surface area contributed by atoms with E-state index in [1.807, 2.05) is 13.8 Å². The predicted molar refractivity (Wildman–Crippen MR) is 107 cm³/mol. The van der Waals surface area contributed by atoms with Gasteiger partial charge in [0.15, 0.2) is 5.88 Å². The first-order chi connectivity index (χ1) is 14.4. The normalized spacial score (nSPS) is 17.3. The van der Waals surface area contributed by atoms with Gasteiger partial charge < -0.3 is 29.4 Å². The zero-order chi connectivity index (χ0) is 21.8. The van der Waals surface area contributed by atoms with Crippen molar-refractivity contribution in [3.63, 3.8) is 0 Å². The molecule has 0 amide bonds. The fraction of sp³-hybridized carbons (Fsp3) is 0.381. The summed E-state index contributed by atoms with van der Waals surface area (Å²) in [5.74, 6) is -0.988. The summed E-state index contributed by atoms with van der Waals surface area (Å²) in [6.07, 6.45) is -0.279. The Balaban J connectivity index is 2.24. The van der Waals surface area contributed by atoms with Crippen molar-refractivity contribution < 1.29 is 33.3 Å². The van der Waals surface area contributed by atoms with E-state index in [-0.39, 0.29) is 29.5 Å². The number of aliphatic imine (C=N–C) groups is 1. The second-order valence-electron chi connectivity index (χ2n) is 6.40. The molecule has 3 rings (SSSR count). The molecule has 160 valence electrons. The van der Waals surface area contributed by atoms with Crippen LogP contribution in [0.4, 0.5) is 5.69 Å². The van der Waals surface area contributed by atoms with Crippen molar-refractivity contribution in [2.75, 3.05) is 27.4 Å². The van der Waals surface area contributed by atoms with E-state index in [0.717, 1.165) is 0 Å². The molecule has 0 fully saturated rings. The van der Waals surface area contributed by atoms with Crippen LogP contribution in [-0.2, 0) is 28.5 Å². The Hall–Kier alpha value is -3.49. The maximum Gasteiger partial charge on any atom is 0.338 e. The molecule has 30 heavy (non-hydrogen) atoms. The van der Waals surface area contributed by atoms with E-state index >= 15 is 0 Å². The molecule has 9 heteroatoms. The second kappa shape index (κ2) is 8.89. The Morgan fingerprint density at radius 3 is 2.50 bits per heavy atom. The van der Waals surface area contributed by atoms with Crippen molar-refractivity contribution in [2.45, 2.75) is 26.2 Å². The lowest BCUT2D eigenvalue weighted by atomic mass is 9.79. The maximum atomic E-state index is 12.8. The summed E-state index contributed by atoms with van der Waals surface area (Å²) in [5.41, 5.74) is 7.99. The number of nitrogens with two attached hydrogens (primary N) is 1. The molecule has 0 bridgehead atoms. The number of ether oxygens (including phenoxy) is 5. The smallest absolute Gasteiger partial charge is 0.338 e. The topological polar surface area (TPSA) is 119 Å². The number of methoxy groups -OCH3 is 2. The highest BCUT2D eigenvalue weighted by atomic mass is 16.5. The minimum Gasteiger partial charge on any atom is -0.494 e. The Kier molecular flexibility index (Phi) is 6.29. The van der Waals surface area contributed by atoms with Gasteiger partial charge in [-0.05, 0) is 25.5 Å². The molecule has 9 nitrogen and oxygen atoms in total. The summed E-state index contributed by atoms with van der Waals surface area (Å²) in [7, 11) is 2.51. The van der Waals surface area contributed by atoms with Gasteiger partial charge in [0.1, 0.15) is 17.9 Å². The Bertz CT molecular complexity index is 962. The van der Waals surface area contributed by atoms with Crippen molar-refractivity contribution >= 4 is 23.5 Å². The number of carbonyl (C=O) groups is 2. The van der Waals surface area contributed by atoms with Crippen molar-refractivity contribution in [2.24, 2.45) is 10.7 Å². The lowest BCUT2D eigenvalue weighted by Crippen LogP contribution is -2.32. The second-order valence-corrected chi connectivity index (χ2v) is 6.40. The van der Waals surface area contributed by atoms with Crippen LogP contribution in [0.5, 0.6) is 5.75 Å². The van der Waals surface area contributed by atoms with E-state index in [2.05, 4.69) is 4.99 Å². The van der Waals surface area contributed by atoms with E-state index in [1.165, 1.54) is 14.2 Å². The lowest BCUT2D eigenvalue weighted by molar-refractivity contribution is -0.140. The third-order valence-electron chi connectivity index (χ3n) is 4.67. The first-order valence-corrected chi connectivity index (χ1v) is 9.49. The number of fused-ring (bicyclic) bond motifs is 3. The molecule has 0 aliphatic carbocycles. The minimum atomic E-state index is -0.685. The van der Waals surface area contributed by atoms with Crippen LogP contribution in [0.2, 0.25) is 0 Å². The fourth-order valence-corrected chi connectivity index (χ4v) is 3.44. The number of rotatable bonds is 6. The molecule has 1 aromatic carbocycles. The van der Waals surface area contributed by atoms with Crippen LogP contribution in [-0.4, -0.2) is 45.3 Å². The molecule has 2 N–H and O–H groups in total. The zero-order valence-electron chi connectivity index (χ0n) is 17.3. The van der Waals surface area contributed by atoms with Gasteiger partial charge in [0, 0.05) is 6.07 Å². The highest BCUT2D eigenvalue weighted by Crippen LogP contribution is 2.48. The highest BCUT2D eigenvalue weighted by Gasteiger charge is 2.43. The predicted octanol–water partition coefficient (Wildman–Crippen LogP) is 2.44. The third-order valence-corrected chi connectivity index (χ3v) is 4.67. The van der Waals surface area contributed by atoms with Crippen LogP contribution in [0, 0.1) is 0 Å². The van der Waals surface area contributed by atoms with E-state index in [9.17, 15) is 9.59 Å². The van der Waals surface area contributed by atoms with Gasteiger partial charge in [-0.3, -0.25) is 4.79 Å². The molecule has 2 heterocycles. The largest absolute Gasteiger partial charge is 0.494 e. The highest BCUT2D eigenvalue weighted by molar-refractivity contribution is 6.05. The molecule has 1 aromatic rings. The van der Waals surface area contributed by atoms with E-state index in [1.54, 1.807) is 18.2 Å². The van der Waals surface area contributed by atoms with Gasteiger partial charge in [0.05, 0.1) is 50.2 Å². The molecule has 0 saturated heterocycles. The van der Waals surface area contributed by atoms with E-state index in [4.69, 9.17) is 29.4 Å². The summed E-state index contributed by atoms with van der Waals surface area (Å²) in [6, 6.07) is 5.34. The number of benzene rings is 1. The van der Waals surface area contributed by atoms with E-state index in [0.29, 0.717) is 35.8 Å². The zero-order valence-corrected chi connectivity index (χ0v) is 17.3. The van der Waals surface area contributed by atoms with Crippen molar-refractivity contribution in [1.82, 2.24) is 0 Å². The lowest BCUT2D eigenvalue weighted by Gasteiger charge is -2.33. The van der Waals surface area contributed by atoms with Crippen molar-refractivity contribution in [3.8, 4) is 5.75 Å². The number of hydrogen-bond acceptors (Lipinski definition) is 9. The van der Waals surface area contributed by atoms with Crippen LogP contribution < -0.4 is 10.5 Å². The SMILES string of the molecule is CCOC1=Nc2cc(OCC)ccc2C2C1=C(N)OC(CC(=O)OC)=C2C(=O)OC. The first kappa shape index (κ1) is 21.2. The minimum absolute atomic E-state index is 0.00158. The summed E-state index contributed by atoms with van der Waals surface area (Å²) in [5, 5.41) is 0. The number of carbonyl (C=O) groups excluding carboxylic acids is 2. The van der Waals surface area contributed by atoms with E-state index < -0.39 is 17.9 Å². The molecular weight excluding hydrogens is 392 g/mol. The molecular formula is C21H24N2O7. The van der Waals surface area contributed by atoms with Crippen LogP contribution in [0.1, 0.15) is 31.7 Å². The molecule has 0 aromatic heterocycles. The summed E-state index contributed by atoms with van der Waals surface area (Å²) in [6.45, 7) is 4.51. The quantitative estimate of drug-likeness (QED) is 0.703. The molecule has 2 aliphatic rings. The number of nitrogens with zero attached hydrogens (tertiary/aromatic N) is 1. The van der Waals surface area contributed by atoms with Gasteiger partial charge in [-0.2, -0.15) is 0 Å². The Labute approximate surface area is 174 Å². The fourth-order valence-electron chi connectivity index (χ4n) is 3.44. The maximum absolute atomic E-state index is 12.8. The van der Waals surface area contributed by atoms with Crippen LogP contribution in [0.3, 0.4) is 0 Å². The first-order valence-electron chi connectivity index (χ1n) is 9.49. The molecule has 0 radical (unpaired) electrons. The molecule has 0 saturated carbocycles. The van der Waals surface area contributed by atoms with Crippen molar-refractivity contribution in [1.29, 1.82) is 0 Å². The summed E-state index contributed by atoms with van der Waals surface area (Å²) in [4.78, 5) is 29.3. The van der Waals surface area contributed by atoms with Crippen LogP contribution in [0.15, 0.2) is 46.0 Å². The van der Waals surface area contributed by atoms with Gasteiger partial charge in [0.25, 0.3) is 0 Å². The Morgan fingerprint density at radius 2 is 1.87 bits per heavy atom. The van der Waals surface area contributed by atoms with Gasteiger partial charge >= 0.3 is 11.9 Å². The number of hydrogen-bond donors (Lipinski definition) is 1. The average Bonchev–Trinajstić information content (AvgIpc) is 2.73. The summed E-state index contributed by atoms with van der Waals surface area (Å²) < 4.78 is 26.7. The van der Waals surface area contributed by atoms with Gasteiger partial charge in [-0.1, -0.05) is 6.07 Å². The van der Waals surface area contributed by atoms with Crippen LogP contribution in [0.25, 0.3) is 0 Å². The summed E-state index contributed by atoms with van der Waals surface area (Å²) >= 11 is 0. The van der Waals surface area contributed by atoms with Gasteiger partial charge in [-0.15, -0.1) is 0 Å². The monoisotopic (exact) mass is 416 g/mol. The molecule has 1 atom stereocenters. The molecule has 1 unspecified atom stereocenters. The number of esters is 2. The Morgan fingerprint density at radius 1 is 1.13 bits per heavy atom.